The van der Waals surface area contributed by atoms with Crippen LogP contribution in [0.4, 0.5) is 0 Å². The third kappa shape index (κ3) is 3.00. The highest BCUT2D eigenvalue weighted by atomic mass is 16.3. The number of rotatable bonds is 4. The number of imidazole rings is 1. The highest BCUT2D eigenvalue weighted by molar-refractivity contribution is 5.12. The van der Waals surface area contributed by atoms with E-state index in [0.717, 1.165) is 31.7 Å². The van der Waals surface area contributed by atoms with E-state index in [9.17, 15) is 5.11 Å². The molecule has 0 unspecified atom stereocenters. The Labute approximate surface area is 112 Å². The highest BCUT2D eigenvalue weighted by Gasteiger charge is 2.31. The first-order valence-corrected chi connectivity index (χ1v) is 6.58. The van der Waals surface area contributed by atoms with Gasteiger partial charge in [-0.2, -0.15) is 0 Å². The summed E-state index contributed by atoms with van der Waals surface area (Å²) in [6.07, 6.45) is 7.79. The van der Waals surface area contributed by atoms with Crippen LogP contribution in [0, 0.1) is 5.92 Å². The summed E-state index contributed by atoms with van der Waals surface area (Å²) >= 11 is 0. The normalized spacial score (nSPS) is 23.8. The Balaban J connectivity index is 1.59. The van der Waals surface area contributed by atoms with E-state index in [0.29, 0.717) is 5.92 Å². The molecule has 2 atom stereocenters. The van der Waals surface area contributed by atoms with E-state index in [2.05, 4.69) is 19.9 Å². The molecule has 2 aromatic heterocycles. The zero-order valence-corrected chi connectivity index (χ0v) is 10.7. The van der Waals surface area contributed by atoms with Gasteiger partial charge in [0.25, 0.3) is 0 Å². The second-order valence-corrected chi connectivity index (χ2v) is 5.16. The van der Waals surface area contributed by atoms with E-state index < -0.39 is 0 Å². The standard InChI is InChI=1S/C14H18N4O/c19-14-9-18(8-13-6-16-10-17-13)7-12(14)5-11-1-3-15-4-2-11/h1-4,6,10,12,14,19H,5,7-9H2,(H,16,17)/t12-,14-/m1/s1. The third-order valence-electron chi connectivity index (χ3n) is 3.68. The number of aromatic amines is 1. The molecule has 1 saturated heterocycles. The van der Waals surface area contributed by atoms with Crippen molar-refractivity contribution in [2.24, 2.45) is 5.92 Å². The second-order valence-electron chi connectivity index (χ2n) is 5.16. The molecule has 0 aromatic carbocycles. The number of pyridine rings is 1. The lowest BCUT2D eigenvalue weighted by Crippen LogP contribution is -2.21. The monoisotopic (exact) mass is 258 g/mol. The van der Waals surface area contributed by atoms with Gasteiger partial charge in [0, 0.05) is 49.8 Å². The average Bonchev–Trinajstić information content (AvgIpc) is 3.02. The molecule has 0 radical (unpaired) electrons. The second kappa shape index (κ2) is 5.50. The lowest BCUT2D eigenvalue weighted by Gasteiger charge is -2.14. The first-order chi connectivity index (χ1) is 9.31. The van der Waals surface area contributed by atoms with E-state index in [4.69, 9.17) is 0 Å². The molecule has 0 spiro atoms. The van der Waals surface area contributed by atoms with Crippen molar-refractivity contribution in [1.29, 1.82) is 0 Å². The van der Waals surface area contributed by atoms with Gasteiger partial charge in [0.15, 0.2) is 0 Å². The number of hydrogen-bond acceptors (Lipinski definition) is 4. The van der Waals surface area contributed by atoms with Crippen LogP contribution in [-0.2, 0) is 13.0 Å². The maximum atomic E-state index is 10.2. The molecule has 19 heavy (non-hydrogen) atoms. The number of H-pyrrole nitrogens is 1. The van der Waals surface area contributed by atoms with Crippen LogP contribution in [0.3, 0.4) is 0 Å². The summed E-state index contributed by atoms with van der Waals surface area (Å²) < 4.78 is 0. The Hall–Kier alpha value is -1.72. The summed E-state index contributed by atoms with van der Waals surface area (Å²) in [6, 6.07) is 4.04. The zero-order chi connectivity index (χ0) is 13.1. The van der Waals surface area contributed by atoms with Crippen molar-refractivity contribution in [3.63, 3.8) is 0 Å². The molecular formula is C14H18N4O. The van der Waals surface area contributed by atoms with Gasteiger partial charge in [-0.05, 0) is 24.1 Å². The van der Waals surface area contributed by atoms with Gasteiger partial charge >= 0.3 is 0 Å². The van der Waals surface area contributed by atoms with E-state index in [1.807, 2.05) is 18.3 Å². The van der Waals surface area contributed by atoms with Crippen LogP contribution in [-0.4, -0.2) is 44.2 Å². The fourth-order valence-electron chi connectivity index (χ4n) is 2.70. The summed E-state index contributed by atoms with van der Waals surface area (Å²) in [6.45, 7) is 2.47. The first kappa shape index (κ1) is 12.3. The summed E-state index contributed by atoms with van der Waals surface area (Å²) in [5.41, 5.74) is 2.33. The van der Waals surface area contributed by atoms with Gasteiger partial charge in [-0.15, -0.1) is 0 Å². The van der Waals surface area contributed by atoms with E-state index in [1.165, 1.54) is 5.56 Å². The van der Waals surface area contributed by atoms with Crippen LogP contribution < -0.4 is 0 Å². The van der Waals surface area contributed by atoms with Crippen molar-refractivity contribution >= 4 is 0 Å². The van der Waals surface area contributed by atoms with Crippen LogP contribution >= 0.6 is 0 Å². The Kier molecular flexibility index (Phi) is 3.57. The SMILES string of the molecule is O[C@@H]1CN(Cc2cnc[nH]2)C[C@H]1Cc1ccncc1. The molecule has 2 aromatic rings. The van der Waals surface area contributed by atoms with Crippen molar-refractivity contribution in [1.82, 2.24) is 19.9 Å². The molecule has 0 aliphatic carbocycles. The smallest absolute Gasteiger partial charge is 0.0922 e. The molecule has 1 aliphatic rings. The van der Waals surface area contributed by atoms with Crippen LogP contribution in [0.15, 0.2) is 37.1 Å². The molecule has 0 amide bonds. The summed E-state index contributed by atoms with van der Waals surface area (Å²) in [4.78, 5) is 13.4. The van der Waals surface area contributed by atoms with Crippen molar-refractivity contribution in [3.05, 3.63) is 48.3 Å². The molecule has 2 N–H and O–H groups in total. The molecule has 5 nitrogen and oxygen atoms in total. The van der Waals surface area contributed by atoms with Crippen molar-refractivity contribution < 1.29 is 5.11 Å². The van der Waals surface area contributed by atoms with Crippen molar-refractivity contribution in [3.8, 4) is 0 Å². The first-order valence-electron chi connectivity index (χ1n) is 6.58. The van der Waals surface area contributed by atoms with Gasteiger partial charge in [0.2, 0.25) is 0 Å². The molecule has 1 fully saturated rings. The van der Waals surface area contributed by atoms with Crippen LogP contribution in [0.5, 0.6) is 0 Å². The lowest BCUT2D eigenvalue weighted by molar-refractivity contribution is 0.141. The average molecular weight is 258 g/mol. The number of hydrogen-bond donors (Lipinski definition) is 2. The number of nitrogens with one attached hydrogen (secondary N) is 1. The Morgan fingerprint density at radius 2 is 2.11 bits per heavy atom. The van der Waals surface area contributed by atoms with Gasteiger partial charge in [0.05, 0.1) is 12.4 Å². The quantitative estimate of drug-likeness (QED) is 0.853. The van der Waals surface area contributed by atoms with Gasteiger partial charge in [-0.3, -0.25) is 9.88 Å². The molecule has 3 rings (SSSR count). The van der Waals surface area contributed by atoms with Crippen LogP contribution in [0.1, 0.15) is 11.3 Å². The van der Waals surface area contributed by atoms with Crippen molar-refractivity contribution in [2.75, 3.05) is 13.1 Å². The van der Waals surface area contributed by atoms with Gasteiger partial charge in [-0.1, -0.05) is 0 Å². The maximum absolute atomic E-state index is 10.2. The topological polar surface area (TPSA) is 65.0 Å². The minimum absolute atomic E-state index is 0.254. The molecule has 0 bridgehead atoms. The van der Waals surface area contributed by atoms with Gasteiger partial charge in [-0.25, -0.2) is 4.98 Å². The number of nitrogens with zero attached hydrogens (tertiary/aromatic N) is 3. The predicted octanol–water partition coefficient (Wildman–Crippen LogP) is 0.840. The highest BCUT2D eigenvalue weighted by Crippen LogP contribution is 2.22. The largest absolute Gasteiger partial charge is 0.391 e. The van der Waals surface area contributed by atoms with Crippen LogP contribution in [0.25, 0.3) is 0 Å². The van der Waals surface area contributed by atoms with Gasteiger partial charge in [0.1, 0.15) is 0 Å². The molecule has 0 saturated carbocycles. The summed E-state index contributed by atoms with van der Waals surface area (Å²) in [5, 5.41) is 10.2. The summed E-state index contributed by atoms with van der Waals surface area (Å²) in [7, 11) is 0. The molecule has 100 valence electrons. The molecule has 1 aliphatic heterocycles. The minimum Gasteiger partial charge on any atom is -0.391 e. The molecular weight excluding hydrogens is 240 g/mol. The fraction of sp³-hybridized carbons (Fsp3) is 0.429. The summed E-state index contributed by atoms with van der Waals surface area (Å²) in [5.74, 6) is 0.297. The lowest BCUT2D eigenvalue weighted by atomic mass is 9.97. The fourth-order valence-corrected chi connectivity index (χ4v) is 2.70. The van der Waals surface area contributed by atoms with E-state index >= 15 is 0 Å². The van der Waals surface area contributed by atoms with Crippen molar-refractivity contribution in [2.45, 2.75) is 19.1 Å². The zero-order valence-electron chi connectivity index (χ0n) is 10.7. The Morgan fingerprint density at radius 3 is 2.84 bits per heavy atom. The molecule has 3 heterocycles. The number of aromatic nitrogens is 3. The predicted molar refractivity (Wildman–Crippen MR) is 71.3 cm³/mol. The molecule has 5 heteroatoms. The maximum Gasteiger partial charge on any atom is 0.0922 e. The Morgan fingerprint density at radius 1 is 1.26 bits per heavy atom. The number of aliphatic hydroxyl groups is 1. The third-order valence-corrected chi connectivity index (χ3v) is 3.68. The number of β-amino-alcohol motifs (C(OH)–C–C–N with tert-alkyl or cyclic N) is 1. The van der Waals surface area contributed by atoms with Gasteiger partial charge < -0.3 is 10.1 Å². The van der Waals surface area contributed by atoms with E-state index in [1.54, 1.807) is 18.7 Å². The Bertz CT molecular complexity index is 499. The number of likely N-dealkylation sites (tertiary alicyclic amines) is 1. The minimum atomic E-state index is -0.254. The number of aliphatic hydroxyl groups excluding tert-OH is 1. The van der Waals surface area contributed by atoms with Crippen LogP contribution in [0.2, 0.25) is 0 Å². The van der Waals surface area contributed by atoms with E-state index in [-0.39, 0.29) is 6.10 Å².